The minimum absolute atomic E-state index is 0.0350. The highest BCUT2D eigenvalue weighted by atomic mass is 16.3. The van der Waals surface area contributed by atoms with E-state index in [9.17, 15) is 43.8 Å². The lowest BCUT2D eigenvalue weighted by atomic mass is 10.0. The molecule has 4 aromatic rings. The van der Waals surface area contributed by atoms with E-state index in [1.54, 1.807) is 36.5 Å². The summed E-state index contributed by atoms with van der Waals surface area (Å²) in [6.07, 6.45) is 1.63. The number of hydrogen-bond acceptors (Lipinski definition) is 14. The quantitative estimate of drug-likeness (QED) is 0.0189. The van der Waals surface area contributed by atoms with E-state index in [2.05, 4.69) is 68.1 Å². The Morgan fingerprint density at radius 3 is 2.16 bits per heavy atom. The molecule has 1 saturated heterocycles. The van der Waals surface area contributed by atoms with Gasteiger partial charge in [0.05, 0.1) is 42.6 Å². The molecule has 77 heavy (non-hydrogen) atoms. The molecule has 418 valence electrons. The number of nitrogens with zero attached hydrogens (tertiary/aromatic N) is 1. The molecule has 22 N–H and O–H groups in total. The van der Waals surface area contributed by atoms with Crippen LogP contribution in [0.5, 0.6) is 0 Å². The number of aromatic amines is 2. The number of fused-ring (bicyclic) bond motifs is 1. The molecule has 1 aliphatic rings. The van der Waals surface area contributed by atoms with Crippen LogP contribution in [0.15, 0.2) is 73.3 Å². The second-order valence-corrected chi connectivity index (χ2v) is 18.9. The molecule has 0 aliphatic carbocycles. The summed E-state index contributed by atoms with van der Waals surface area (Å²) in [6, 6.07) is 7.13. The highest BCUT2D eigenvalue weighted by Crippen LogP contribution is 2.20. The number of guanidine groups is 2. The van der Waals surface area contributed by atoms with E-state index in [1.807, 2.05) is 24.3 Å². The molecule has 3 heterocycles. The molecular weight excluding hydrogens is 997 g/mol. The van der Waals surface area contributed by atoms with Crippen molar-refractivity contribution in [1.82, 2.24) is 68.1 Å². The number of amides is 7. The first-order chi connectivity index (χ1) is 36.9. The van der Waals surface area contributed by atoms with Crippen molar-refractivity contribution in [1.29, 1.82) is 10.8 Å². The number of carbonyl (C=O) groups excluding carboxylic acids is 7. The summed E-state index contributed by atoms with van der Waals surface area (Å²) >= 11 is 0. The zero-order valence-corrected chi connectivity index (χ0v) is 43.0. The zero-order valence-electron chi connectivity index (χ0n) is 43.0. The Balaban J connectivity index is 1.54. The van der Waals surface area contributed by atoms with Gasteiger partial charge in [-0.05, 0) is 68.6 Å². The van der Waals surface area contributed by atoms with Crippen LogP contribution in [0.4, 0.5) is 0 Å². The summed E-state index contributed by atoms with van der Waals surface area (Å²) in [7, 11) is 0. The number of hydrogen-bond donors (Lipinski definition) is 19. The number of benzene rings is 2. The van der Waals surface area contributed by atoms with Gasteiger partial charge >= 0.3 is 0 Å². The van der Waals surface area contributed by atoms with E-state index in [0.717, 1.165) is 10.9 Å². The second kappa shape index (κ2) is 30.4. The first-order valence-corrected chi connectivity index (χ1v) is 25.5. The van der Waals surface area contributed by atoms with Crippen LogP contribution in [0.25, 0.3) is 10.9 Å². The van der Waals surface area contributed by atoms with Crippen molar-refractivity contribution in [3.05, 3.63) is 90.1 Å². The van der Waals surface area contributed by atoms with Gasteiger partial charge in [0.25, 0.3) is 0 Å². The van der Waals surface area contributed by atoms with Crippen molar-refractivity contribution in [2.45, 2.75) is 132 Å². The number of primary amides is 1. The van der Waals surface area contributed by atoms with Crippen LogP contribution < -0.4 is 70.4 Å². The van der Waals surface area contributed by atoms with Gasteiger partial charge < -0.3 is 79.9 Å². The zero-order chi connectivity index (χ0) is 55.9. The molecule has 0 saturated carbocycles. The predicted molar refractivity (Wildman–Crippen MR) is 285 cm³/mol. The summed E-state index contributed by atoms with van der Waals surface area (Å²) in [6.45, 7) is 1.64. The molecule has 9 atom stereocenters. The first kappa shape index (κ1) is 59.7. The molecule has 1 aliphatic heterocycles. The Bertz CT molecular complexity index is 2600. The molecule has 5 rings (SSSR count). The smallest absolute Gasteiger partial charge is 0.243 e. The van der Waals surface area contributed by atoms with Crippen LogP contribution in [0.3, 0.4) is 0 Å². The third-order valence-electron chi connectivity index (χ3n) is 12.8. The standard InChI is InChI=1S/C50H74N18O9/c1-28(69)62-35(16-9-19-58-49(52)53)43(72)68-40-24-41(70)57-18-8-7-15-34(42(51)71)63-46(75)38(22-30-25-60-33-14-6-5-13-32(30)33)66-44(73)36(17-10-20-59-50(54)55)64-45(74)37(21-29-11-3-2-4-12-29)65-47(76)39(67-48(40)77)23-31-26-56-27-61-31/h2-6,11-14,25-27,34-40,43,47,60,65,68,72,76H,7-10,15-24H2,1H3,(H2,51,71)(H,56,61)(H,57,70)(H,62,69)(H,63,75)(H,64,74)(H,66,73)(H,67,77)(H4,52,53,58)(H4,54,55,59)/t34-,35-,36-,37+,38-,39+,40-,43?,47?/m0/s1. The van der Waals surface area contributed by atoms with Gasteiger partial charge in [0.2, 0.25) is 41.4 Å². The molecule has 1 fully saturated rings. The fourth-order valence-electron chi connectivity index (χ4n) is 8.81. The average Bonchev–Trinajstić information content (AvgIpc) is 4.07. The number of nitrogens with two attached hydrogens (primary N) is 3. The van der Waals surface area contributed by atoms with E-state index in [-0.39, 0.29) is 89.3 Å². The maximum absolute atomic E-state index is 14.8. The minimum atomic E-state index is -1.74. The molecule has 0 bridgehead atoms. The normalized spacial score (nSPS) is 22.4. The maximum Gasteiger partial charge on any atom is 0.243 e. The van der Waals surface area contributed by atoms with Crippen LogP contribution in [-0.4, -0.2) is 153 Å². The van der Waals surface area contributed by atoms with Crippen LogP contribution in [0, 0.1) is 10.8 Å². The lowest BCUT2D eigenvalue weighted by molar-refractivity contribution is -0.134. The number of para-hydroxylation sites is 1. The van der Waals surface area contributed by atoms with Gasteiger partial charge in [0, 0.05) is 62.7 Å². The SMILES string of the molecule is CC(=O)N[C@@H](CCCNC(=N)N)C(O)N[C@H]1CC(=O)NCCCC[C@@H](C(N)=O)NC(=O)[C@H](Cc2c[nH]c3ccccc23)NC(=O)[C@H](CCCNC(=N)N)NC(=O)[C@@H](Cc2ccccc2)NC(O)[C@@H](Cc2c[nH]cn2)NC1=O. The van der Waals surface area contributed by atoms with Crippen molar-refractivity contribution >= 4 is 64.2 Å². The monoisotopic (exact) mass is 1070 g/mol. The number of aliphatic hydroxyl groups is 2. The van der Waals surface area contributed by atoms with Gasteiger partial charge in [0.1, 0.15) is 30.6 Å². The van der Waals surface area contributed by atoms with Crippen molar-refractivity contribution in [2.75, 3.05) is 19.6 Å². The fourth-order valence-corrected chi connectivity index (χ4v) is 8.81. The van der Waals surface area contributed by atoms with E-state index < -0.39 is 103 Å². The van der Waals surface area contributed by atoms with Crippen molar-refractivity contribution < 1.29 is 43.8 Å². The van der Waals surface area contributed by atoms with Crippen LogP contribution >= 0.6 is 0 Å². The van der Waals surface area contributed by atoms with Gasteiger partial charge in [-0.25, -0.2) is 4.98 Å². The third kappa shape index (κ3) is 20.2. The number of nitrogens with one attached hydrogen (secondary N) is 14. The Hall–Kier alpha value is -8.14. The Kier molecular flexibility index (Phi) is 23.6. The Labute approximate surface area is 445 Å². The molecule has 2 aromatic heterocycles. The van der Waals surface area contributed by atoms with E-state index in [1.165, 1.54) is 19.4 Å². The maximum atomic E-state index is 14.8. The molecule has 0 radical (unpaired) electrons. The summed E-state index contributed by atoms with van der Waals surface area (Å²) in [5.41, 5.74) is 19.2. The van der Waals surface area contributed by atoms with Crippen LogP contribution in [0.2, 0.25) is 0 Å². The lowest BCUT2D eigenvalue weighted by Gasteiger charge is -2.32. The largest absolute Gasteiger partial charge is 0.376 e. The number of aromatic nitrogens is 3. The van der Waals surface area contributed by atoms with Crippen molar-refractivity contribution in [3.8, 4) is 0 Å². The van der Waals surface area contributed by atoms with Crippen LogP contribution in [0.1, 0.15) is 75.1 Å². The summed E-state index contributed by atoms with van der Waals surface area (Å²) in [5, 5.41) is 67.1. The van der Waals surface area contributed by atoms with Gasteiger partial charge in [-0.2, -0.15) is 0 Å². The molecule has 7 amide bonds. The first-order valence-electron chi connectivity index (χ1n) is 25.5. The van der Waals surface area contributed by atoms with Gasteiger partial charge in [-0.1, -0.05) is 48.5 Å². The third-order valence-corrected chi connectivity index (χ3v) is 12.8. The number of H-pyrrole nitrogens is 2. The Morgan fingerprint density at radius 2 is 1.47 bits per heavy atom. The predicted octanol–water partition coefficient (Wildman–Crippen LogP) is -3.38. The fraction of sp³-hybridized carbons (Fsp3) is 0.480. The highest BCUT2D eigenvalue weighted by molar-refractivity contribution is 5.95. The summed E-state index contributed by atoms with van der Waals surface area (Å²) < 4.78 is 0. The van der Waals surface area contributed by atoms with Crippen LogP contribution in [-0.2, 0) is 52.8 Å². The molecule has 2 unspecified atom stereocenters. The van der Waals surface area contributed by atoms with E-state index in [4.69, 9.17) is 28.0 Å². The molecule has 27 nitrogen and oxygen atoms in total. The average molecular weight is 1070 g/mol. The topological polar surface area (TPSA) is 450 Å². The van der Waals surface area contributed by atoms with Gasteiger partial charge in [0.15, 0.2) is 11.9 Å². The van der Waals surface area contributed by atoms with E-state index in [0.29, 0.717) is 23.2 Å². The Morgan fingerprint density at radius 1 is 0.792 bits per heavy atom. The molecule has 2 aromatic carbocycles. The second-order valence-electron chi connectivity index (χ2n) is 18.9. The van der Waals surface area contributed by atoms with Gasteiger partial charge in [-0.3, -0.25) is 55.0 Å². The number of imidazole rings is 1. The van der Waals surface area contributed by atoms with E-state index >= 15 is 0 Å². The molecule has 0 spiro atoms. The lowest BCUT2D eigenvalue weighted by Crippen LogP contribution is -2.62. The molecule has 27 heteroatoms. The number of carbonyl (C=O) groups is 7. The molecular formula is C50H74N18O9. The summed E-state index contributed by atoms with van der Waals surface area (Å²) in [4.78, 5) is 107. The number of aliphatic hydroxyl groups excluding tert-OH is 2. The summed E-state index contributed by atoms with van der Waals surface area (Å²) in [5.74, 6) is -5.77. The highest BCUT2D eigenvalue weighted by Gasteiger charge is 2.36. The minimum Gasteiger partial charge on any atom is -0.376 e. The number of rotatable bonds is 19. The van der Waals surface area contributed by atoms with Crippen molar-refractivity contribution in [3.63, 3.8) is 0 Å². The van der Waals surface area contributed by atoms with Gasteiger partial charge in [-0.15, -0.1) is 0 Å². The van der Waals surface area contributed by atoms with Crippen molar-refractivity contribution in [2.24, 2.45) is 17.2 Å².